The molecular weight excluding hydrogens is 388 g/mol. The zero-order chi connectivity index (χ0) is 20.8. The number of aliphatic hydroxyl groups is 1. The van der Waals surface area contributed by atoms with Gasteiger partial charge in [0.25, 0.3) is 5.69 Å². The Bertz CT molecular complexity index is 862. The van der Waals surface area contributed by atoms with Crippen molar-refractivity contribution < 1.29 is 29.8 Å². The monoisotopic (exact) mass is 408 g/mol. The van der Waals surface area contributed by atoms with Crippen LogP contribution in [0.5, 0.6) is 5.75 Å². The van der Waals surface area contributed by atoms with E-state index >= 15 is 0 Å². The van der Waals surface area contributed by atoms with Gasteiger partial charge in [0.1, 0.15) is 22.8 Å². The molecule has 2 atom stereocenters. The van der Waals surface area contributed by atoms with E-state index in [1.165, 1.54) is 54.9 Å². The SMILES string of the molecule is COCc1cc(O)ccc1C(O)[C@@H](C(=O)O)N(C)Sc1ccccc1[N+](=O)[O-]. The van der Waals surface area contributed by atoms with Crippen LogP contribution in [0.3, 0.4) is 0 Å². The minimum Gasteiger partial charge on any atom is -0.508 e. The van der Waals surface area contributed by atoms with Crippen molar-refractivity contribution in [2.45, 2.75) is 23.6 Å². The van der Waals surface area contributed by atoms with E-state index in [4.69, 9.17) is 4.74 Å². The summed E-state index contributed by atoms with van der Waals surface area (Å²) in [5.41, 5.74) is 0.551. The van der Waals surface area contributed by atoms with Crippen LogP contribution in [0.15, 0.2) is 47.4 Å². The molecule has 0 aliphatic heterocycles. The van der Waals surface area contributed by atoms with E-state index in [-0.39, 0.29) is 28.5 Å². The Morgan fingerprint density at radius 3 is 2.61 bits per heavy atom. The lowest BCUT2D eigenvalue weighted by atomic mass is 9.97. The summed E-state index contributed by atoms with van der Waals surface area (Å²) in [7, 11) is 2.87. The van der Waals surface area contributed by atoms with Crippen molar-refractivity contribution in [1.82, 2.24) is 4.31 Å². The maximum Gasteiger partial charge on any atom is 0.324 e. The lowest BCUT2D eigenvalue weighted by Gasteiger charge is -2.28. The van der Waals surface area contributed by atoms with Crippen LogP contribution in [-0.2, 0) is 16.1 Å². The van der Waals surface area contributed by atoms with Crippen molar-refractivity contribution in [3.8, 4) is 5.75 Å². The Kier molecular flexibility index (Phi) is 7.35. The maximum atomic E-state index is 11.9. The maximum absolute atomic E-state index is 11.9. The summed E-state index contributed by atoms with van der Waals surface area (Å²) in [5.74, 6) is -1.35. The number of phenolic OH excluding ortho intramolecular Hbond substituents is 1. The molecule has 0 fully saturated rings. The number of nitrogens with zero attached hydrogens (tertiary/aromatic N) is 2. The summed E-state index contributed by atoms with van der Waals surface area (Å²) in [5, 5.41) is 41.3. The van der Waals surface area contributed by atoms with E-state index in [9.17, 15) is 30.2 Å². The highest BCUT2D eigenvalue weighted by Crippen LogP contribution is 2.35. The van der Waals surface area contributed by atoms with Crippen LogP contribution in [0.2, 0.25) is 0 Å². The van der Waals surface area contributed by atoms with Crippen LogP contribution in [0, 0.1) is 10.1 Å². The molecule has 10 heteroatoms. The summed E-state index contributed by atoms with van der Waals surface area (Å²) in [4.78, 5) is 22.7. The smallest absolute Gasteiger partial charge is 0.324 e. The Labute approximate surface area is 165 Å². The minimum atomic E-state index is -1.47. The topological polar surface area (TPSA) is 133 Å². The fourth-order valence-electron chi connectivity index (χ4n) is 2.72. The molecular formula is C18H20N2O7S. The van der Waals surface area contributed by atoms with Gasteiger partial charge in [0.2, 0.25) is 0 Å². The van der Waals surface area contributed by atoms with Crippen LogP contribution < -0.4 is 0 Å². The fraction of sp³-hybridized carbons (Fsp3) is 0.278. The van der Waals surface area contributed by atoms with Gasteiger partial charge in [-0.2, -0.15) is 0 Å². The number of aliphatic hydroxyl groups excluding tert-OH is 1. The highest BCUT2D eigenvalue weighted by Gasteiger charge is 2.34. The number of likely N-dealkylation sites (N-methyl/N-ethyl adjacent to an activating group) is 1. The number of phenols is 1. The Hall–Kier alpha value is -2.66. The van der Waals surface area contributed by atoms with Crippen molar-refractivity contribution >= 4 is 23.6 Å². The van der Waals surface area contributed by atoms with E-state index in [1.807, 2.05) is 0 Å². The largest absolute Gasteiger partial charge is 0.508 e. The summed E-state index contributed by atoms with van der Waals surface area (Å²) in [6.45, 7) is 0.0636. The first-order valence-corrected chi connectivity index (χ1v) is 8.89. The number of aliphatic carboxylic acids is 1. The van der Waals surface area contributed by atoms with E-state index in [1.54, 1.807) is 6.07 Å². The number of hydrogen-bond donors (Lipinski definition) is 3. The van der Waals surface area contributed by atoms with E-state index in [0.717, 1.165) is 11.9 Å². The van der Waals surface area contributed by atoms with Gasteiger partial charge in [-0.3, -0.25) is 14.9 Å². The lowest BCUT2D eigenvalue weighted by Crippen LogP contribution is -2.39. The molecule has 0 amide bonds. The number of carbonyl (C=O) groups is 1. The molecule has 2 rings (SSSR count). The van der Waals surface area contributed by atoms with Crippen molar-refractivity contribution in [3.05, 3.63) is 63.7 Å². The molecule has 1 unspecified atom stereocenters. The first-order valence-electron chi connectivity index (χ1n) is 8.12. The molecule has 0 spiro atoms. The number of nitro benzene ring substituents is 1. The number of methoxy groups -OCH3 is 1. The molecule has 0 bridgehead atoms. The summed E-state index contributed by atoms with van der Waals surface area (Å²) in [6.07, 6.45) is -1.47. The fourth-order valence-corrected chi connectivity index (χ4v) is 3.72. The van der Waals surface area contributed by atoms with Gasteiger partial charge in [-0.25, -0.2) is 4.31 Å². The van der Waals surface area contributed by atoms with Crippen molar-refractivity contribution in [1.29, 1.82) is 0 Å². The average molecular weight is 408 g/mol. The predicted octanol–water partition coefficient (Wildman–Crippen LogP) is 2.57. The zero-order valence-corrected chi connectivity index (χ0v) is 16.0. The molecule has 0 aliphatic rings. The van der Waals surface area contributed by atoms with Crippen LogP contribution in [-0.4, -0.2) is 50.7 Å². The van der Waals surface area contributed by atoms with Gasteiger partial charge in [-0.1, -0.05) is 18.2 Å². The van der Waals surface area contributed by atoms with Gasteiger partial charge in [0, 0.05) is 13.2 Å². The average Bonchev–Trinajstić information content (AvgIpc) is 2.62. The molecule has 0 radical (unpaired) electrons. The number of benzene rings is 2. The Balaban J connectivity index is 2.35. The lowest BCUT2D eigenvalue weighted by molar-refractivity contribution is -0.387. The van der Waals surface area contributed by atoms with Gasteiger partial charge in [0.05, 0.1) is 11.5 Å². The number of rotatable bonds is 9. The molecule has 28 heavy (non-hydrogen) atoms. The van der Waals surface area contributed by atoms with Crippen LogP contribution >= 0.6 is 11.9 Å². The first-order chi connectivity index (χ1) is 13.3. The number of carboxylic acid groups (broad SMARTS) is 1. The Morgan fingerprint density at radius 2 is 2.00 bits per heavy atom. The van der Waals surface area contributed by atoms with Gasteiger partial charge in [-0.05, 0) is 48.3 Å². The number of aromatic hydroxyl groups is 1. The summed E-state index contributed by atoms with van der Waals surface area (Å²) in [6, 6.07) is 8.67. The third-order valence-corrected chi connectivity index (χ3v) is 5.05. The quantitative estimate of drug-likeness (QED) is 0.325. The third kappa shape index (κ3) is 4.98. The van der Waals surface area contributed by atoms with Crippen molar-refractivity contribution in [3.63, 3.8) is 0 Å². The Morgan fingerprint density at radius 1 is 1.32 bits per heavy atom. The molecule has 0 saturated carbocycles. The number of carboxylic acids is 1. The first kappa shape index (κ1) is 21.6. The van der Waals surface area contributed by atoms with Crippen LogP contribution in [0.25, 0.3) is 0 Å². The molecule has 2 aromatic carbocycles. The standard InChI is InChI=1S/C18H20N2O7S/c1-19(28-15-6-4-3-5-14(15)20(25)26)16(18(23)24)17(22)13-8-7-12(21)9-11(13)10-27-2/h3-9,16-17,21-22H,10H2,1-2H3,(H,23,24)/t16-,17?/m0/s1. The van der Waals surface area contributed by atoms with Crippen LogP contribution in [0.4, 0.5) is 5.69 Å². The van der Waals surface area contributed by atoms with Crippen LogP contribution in [0.1, 0.15) is 17.2 Å². The highest BCUT2D eigenvalue weighted by atomic mass is 32.2. The number of ether oxygens (including phenoxy) is 1. The van der Waals surface area contributed by atoms with E-state index in [0.29, 0.717) is 5.56 Å². The van der Waals surface area contributed by atoms with Gasteiger partial charge in [-0.15, -0.1) is 0 Å². The van der Waals surface area contributed by atoms with Crippen molar-refractivity contribution in [2.75, 3.05) is 14.2 Å². The molecule has 0 aliphatic carbocycles. The van der Waals surface area contributed by atoms with Gasteiger partial charge < -0.3 is 20.1 Å². The molecule has 2 aromatic rings. The third-order valence-electron chi connectivity index (χ3n) is 3.99. The second-order valence-corrected chi connectivity index (χ2v) is 7.10. The second-order valence-electron chi connectivity index (χ2n) is 5.91. The van der Waals surface area contributed by atoms with Gasteiger partial charge in [0.15, 0.2) is 0 Å². The van der Waals surface area contributed by atoms with E-state index in [2.05, 4.69) is 0 Å². The molecule has 0 saturated heterocycles. The zero-order valence-electron chi connectivity index (χ0n) is 15.2. The molecule has 3 N–H and O–H groups in total. The normalized spacial score (nSPS) is 13.3. The summed E-state index contributed by atoms with van der Waals surface area (Å²) < 4.78 is 6.30. The molecule has 0 heterocycles. The highest BCUT2D eigenvalue weighted by molar-refractivity contribution is 7.97. The second kappa shape index (κ2) is 9.51. The molecule has 9 nitrogen and oxygen atoms in total. The molecule has 0 aromatic heterocycles. The summed E-state index contributed by atoms with van der Waals surface area (Å²) >= 11 is 0.851. The number of nitro groups is 1. The molecule has 150 valence electrons. The predicted molar refractivity (Wildman–Crippen MR) is 102 cm³/mol. The minimum absolute atomic E-state index is 0.0440. The number of hydrogen-bond acceptors (Lipinski definition) is 8. The van der Waals surface area contributed by atoms with E-state index < -0.39 is 23.0 Å². The van der Waals surface area contributed by atoms with Crippen molar-refractivity contribution in [2.24, 2.45) is 0 Å². The van der Waals surface area contributed by atoms with Gasteiger partial charge >= 0.3 is 5.97 Å². The number of para-hydroxylation sites is 1.